The Morgan fingerprint density at radius 1 is 1.19 bits per heavy atom. The van der Waals surface area contributed by atoms with Crippen LogP contribution in [-0.4, -0.2) is 12.6 Å². The van der Waals surface area contributed by atoms with Crippen molar-refractivity contribution in [3.63, 3.8) is 0 Å². The van der Waals surface area contributed by atoms with Crippen molar-refractivity contribution in [2.24, 2.45) is 11.3 Å². The van der Waals surface area contributed by atoms with Gasteiger partial charge in [-0.3, -0.25) is 0 Å². The lowest BCUT2D eigenvalue weighted by Crippen LogP contribution is -2.46. The van der Waals surface area contributed by atoms with Crippen LogP contribution < -0.4 is 5.32 Å². The summed E-state index contributed by atoms with van der Waals surface area (Å²) in [5.41, 5.74) is 1.21. The molecular formula is C19H30FN. The fraction of sp³-hybridized carbons (Fsp3) is 0.684. The number of nitrogens with one attached hydrogen (secondary N) is 1. The molecule has 21 heavy (non-hydrogen) atoms. The van der Waals surface area contributed by atoms with Crippen molar-refractivity contribution in [1.29, 1.82) is 0 Å². The Balaban J connectivity index is 2.21. The summed E-state index contributed by atoms with van der Waals surface area (Å²) >= 11 is 0. The van der Waals surface area contributed by atoms with Crippen LogP contribution in [0.1, 0.15) is 58.4 Å². The van der Waals surface area contributed by atoms with Crippen LogP contribution in [0.3, 0.4) is 0 Å². The van der Waals surface area contributed by atoms with Crippen LogP contribution in [0.5, 0.6) is 0 Å². The zero-order valence-corrected chi connectivity index (χ0v) is 13.8. The first-order valence-corrected chi connectivity index (χ1v) is 8.54. The molecule has 0 radical (unpaired) electrons. The molecule has 1 aromatic rings. The van der Waals surface area contributed by atoms with Gasteiger partial charge < -0.3 is 5.32 Å². The Morgan fingerprint density at radius 3 is 2.43 bits per heavy atom. The van der Waals surface area contributed by atoms with E-state index in [0.29, 0.717) is 17.4 Å². The van der Waals surface area contributed by atoms with Crippen molar-refractivity contribution < 1.29 is 4.39 Å². The molecule has 2 rings (SSSR count). The Hall–Kier alpha value is -0.890. The number of likely N-dealkylation sites (N-methyl/N-ethyl adjacent to an activating group) is 1. The molecule has 0 amide bonds. The molecule has 2 heteroatoms. The Bertz CT molecular complexity index is 435. The average molecular weight is 291 g/mol. The maximum atomic E-state index is 14.0. The molecule has 118 valence electrons. The highest BCUT2D eigenvalue weighted by Gasteiger charge is 2.41. The zero-order chi connectivity index (χ0) is 15.3. The van der Waals surface area contributed by atoms with Gasteiger partial charge in [0.05, 0.1) is 0 Å². The molecule has 1 nitrogen and oxygen atoms in total. The Morgan fingerprint density at radius 2 is 1.86 bits per heavy atom. The number of hydrogen-bond acceptors (Lipinski definition) is 1. The van der Waals surface area contributed by atoms with Gasteiger partial charge in [0.1, 0.15) is 5.82 Å². The van der Waals surface area contributed by atoms with E-state index >= 15 is 0 Å². The first-order valence-electron chi connectivity index (χ1n) is 8.54. The highest BCUT2D eigenvalue weighted by atomic mass is 19.1. The lowest BCUT2D eigenvalue weighted by atomic mass is 9.70. The number of rotatable bonds is 7. The van der Waals surface area contributed by atoms with Gasteiger partial charge in [-0.1, -0.05) is 51.8 Å². The fourth-order valence-electron chi connectivity index (χ4n) is 4.22. The van der Waals surface area contributed by atoms with E-state index in [-0.39, 0.29) is 5.82 Å². The molecule has 0 saturated heterocycles. The molecule has 1 unspecified atom stereocenters. The molecule has 1 atom stereocenters. The maximum absolute atomic E-state index is 14.0. The Kier molecular flexibility index (Phi) is 5.80. The standard InChI is InChI=1S/C19H30FN/c1-4-21-18(13-16-9-5-6-10-17(16)20)19(14-15(2)3)11-7-8-12-19/h5-6,9-10,15,18,21H,4,7-8,11-14H2,1-3H3. The molecule has 0 spiro atoms. The third-order valence-corrected chi connectivity index (χ3v) is 4.99. The lowest BCUT2D eigenvalue weighted by Gasteiger charge is -2.40. The zero-order valence-electron chi connectivity index (χ0n) is 13.8. The molecule has 1 saturated carbocycles. The van der Waals surface area contributed by atoms with Crippen LogP contribution in [0.15, 0.2) is 24.3 Å². The number of benzene rings is 1. The second-order valence-corrected chi connectivity index (χ2v) is 7.07. The van der Waals surface area contributed by atoms with Crippen molar-refractivity contribution in [1.82, 2.24) is 5.32 Å². The maximum Gasteiger partial charge on any atom is 0.126 e. The van der Waals surface area contributed by atoms with Gasteiger partial charge in [-0.25, -0.2) is 4.39 Å². The molecule has 0 heterocycles. The molecule has 1 N–H and O–H groups in total. The molecule has 1 aliphatic carbocycles. The molecule has 1 aliphatic rings. The van der Waals surface area contributed by atoms with Crippen LogP contribution in [0.4, 0.5) is 4.39 Å². The predicted octanol–water partition coefficient (Wildman–Crippen LogP) is 4.95. The summed E-state index contributed by atoms with van der Waals surface area (Å²) in [6, 6.07) is 7.65. The van der Waals surface area contributed by atoms with Crippen LogP contribution in [0, 0.1) is 17.2 Å². The van der Waals surface area contributed by atoms with E-state index in [1.54, 1.807) is 12.1 Å². The molecular weight excluding hydrogens is 261 g/mol. The van der Waals surface area contributed by atoms with E-state index in [0.717, 1.165) is 18.5 Å². The van der Waals surface area contributed by atoms with Gasteiger partial charge in [0, 0.05) is 6.04 Å². The van der Waals surface area contributed by atoms with Crippen molar-refractivity contribution in [2.75, 3.05) is 6.54 Å². The third kappa shape index (κ3) is 4.06. The van der Waals surface area contributed by atoms with E-state index in [1.165, 1.54) is 32.1 Å². The summed E-state index contributed by atoms with van der Waals surface area (Å²) in [6.07, 6.45) is 7.29. The minimum absolute atomic E-state index is 0.0573. The summed E-state index contributed by atoms with van der Waals surface area (Å²) < 4.78 is 14.0. The van der Waals surface area contributed by atoms with E-state index in [1.807, 2.05) is 12.1 Å². The van der Waals surface area contributed by atoms with Crippen LogP contribution in [0.25, 0.3) is 0 Å². The molecule has 0 aromatic heterocycles. The van der Waals surface area contributed by atoms with Crippen LogP contribution in [-0.2, 0) is 6.42 Å². The average Bonchev–Trinajstić information content (AvgIpc) is 2.89. The molecule has 1 fully saturated rings. The van der Waals surface area contributed by atoms with E-state index < -0.39 is 0 Å². The minimum atomic E-state index is -0.0573. The summed E-state index contributed by atoms with van der Waals surface area (Å²) in [7, 11) is 0. The normalized spacial score (nSPS) is 19.1. The summed E-state index contributed by atoms with van der Waals surface area (Å²) in [4.78, 5) is 0. The fourth-order valence-corrected chi connectivity index (χ4v) is 4.22. The van der Waals surface area contributed by atoms with E-state index in [4.69, 9.17) is 0 Å². The first-order chi connectivity index (χ1) is 10.1. The van der Waals surface area contributed by atoms with Crippen molar-refractivity contribution in [2.45, 2.75) is 65.3 Å². The summed E-state index contributed by atoms with van der Waals surface area (Å²) in [6.45, 7) is 7.74. The van der Waals surface area contributed by atoms with E-state index in [2.05, 4.69) is 26.1 Å². The SMILES string of the molecule is CCNC(Cc1ccccc1F)C1(CC(C)C)CCCC1. The third-order valence-electron chi connectivity index (χ3n) is 4.99. The summed E-state index contributed by atoms with van der Waals surface area (Å²) in [5, 5.41) is 3.68. The molecule has 1 aromatic carbocycles. The molecule has 0 aliphatic heterocycles. The second kappa shape index (κ2) is 7.40. The number of halogens is 1. The Labute approximate surface area is 129 Å². The predicted molar refractivity (Wildman–Crippen MR) is 87.9 cm³/mol. The van der Waals surface area contributed by atoms with Gasteiger partial charge >= 0.3 is 0 Å². The van der Waals surface area contributed by atoms with Crippen molar-refractivity contribution in [3.05, 3.63) is 35.6 Å². The van der Waals surface area contributed by atoms with Gasteiger partial charge in [0.2, 0.25) is 0 Å². The van der Waals surface area contributed by atoms with E-state index in [9.17, 15) is 4.39 Å². The monoisotopic (exact) mass is 291 g/mol. The molecule has 0 bridgehead atoms. The minimum Gasteiger partial charge on any atom is -0.313 e. The summed E-state index contributed by atoms with van der Waals surface area (Å²) in [5.74, 6) is 0.642. The van der Waals surface area contributed by atoms with Crippen LogP contribution >= 0.6 is 0 Å². The topological polar surface area (TPSA) is 12.0 Å². The van der Waals surface area contributed by atoms with Gasteiger partial charge in [0.25, 0.3) is 0 Å². The first kappa shape index (κ1) is 16.5. The number of hydrogen-bond donors (Lipinski definition) is 1. The second-order valence-electron chi connectivity index (χ2n) is 7.07. The lowest BCUT2D eigenvalue weighted by molar-refractivity contribution is 0.154. The van der Waals surface area contributed by atoms with Crippen molar-refractivity contribution >= 4 is 0 Å². The van der Waals surface area contributed by atoms with Gasteiger partial charge in [-0.15, -0.1) is 0 Å². The van der Waals surface area contributed by atoms with Crippen LogP contribution in [0.2, 0.25) is 0 Å². The highest BCUT2D eigenvalue weighted by molar-refractivity contribution is 5.19. The van der Waals surface area contributed by atoms with Crippen molar-refractivity contribution in [3.8, 4) is 0 Å². The quantitative estimate of drug-likeness (QED) is 0.749. The van der Waals surface area contributed by atoms with Gasteiger partial charge in [0.15, 0.2) is 0 Å². The van der Waals surface area contributed by atoms with Gasteiger partial charge in [-0.2, -0.15) is 0 Å². The smallest absolute Gasteiger partial charge is 0.126 e. The highest BCUT2D eigenvalue weighted by Crippen LogP contribution is 2.46. The largest absolute Gasteiger partial charge is 0.313 e. The van der Waals surface area contributed by atoms with Gasteiger partial charge in [-0.05, 0) is 55.2 Å².